The summed E-state index contributed by atoms with van der Waals surface area (Å²) in [6.07, 6.45) is 3.33. The summed E-state index contributed by atoms with van der Waals surface area (Å²) in [5.41, 5.74) is 1.35. The summed E-state index contributed by atoms with van der Waals surface area (Å²) in [5, 5.41) is 18.4. The minimum atomic E-state index is -0.542. The van der Waals surface area contributed by atoms with Gasteiger partial charge in [-0.25, -0.2) is 4.79 Å². The molecule has 1 amide bonds. The molecule has 0 saturated heterocycles. The monoisotopic (exact) mass is 344 g/mol. The van der Waals surface area contributed by atoms with Gasteiger partial charge in [-0.05, 0) is 70.1 Å². The molecule has 1 aromatic carbocycles. The Morgan fingerprint density at radius 3 is 2.56 bits per heavy atom. The Kier molecular flexibility index (Phi) is 6.44. The summed E-state index contributed by atoms with van der Waals surface area (Å²) in [4.78, 5) is 14.1. The number of aliphatic hydroxyl groups excluding tert-OH is 1. The summed E-state index contributed by atoms with van der Waals surface area (Å²) >= 11 is 0. The molecule has 0 bridgehead atoms. The Morgan fingerprint density at radius 1 is 1.32 bits per heavy atom. The zero-order valence-corrected chi connectivity index (χ0v) is 15.4. The Morgan fingerprint density at radius 2 is 2.00 bits per heavy atom. The fourth-order valence-corrected chi connectivity index (χ4v) is 3.43. The lowest BCUT2D eigenvalue weighted by Gasteiger charge is -2.37. The van der Waals surface area contributed by atoms with Gasteiger partial charge in [0.2, 0.25) is 0 Å². The smallest absolute Gasteiger partial charge is 0.410 e. The van der Waals surface area contributed by atoms with Gasteiger partial charge < -0.3 is 14.7 Å². The molecule has 1 fully saturated rings. The molecule has 25 heavy (non-hydrogen) atoms. The standard InChI is InChI=1S/C20H28N2O3/c1-20(2,3)25-19(24)22(11-12-23)18-9-7-16(8-10-18)17-6-4-5-15(13-17)14-21/h4-6,13,16,18,23H,7-12H2,1-3H3/t16-,18-. The average Bonchev–Trinajstić information content (AvgIpc) is 2.58. The number of carbonyl (C=O) groups is 1. The van der Waals surface area contributed by atoms with Gasteiger partial charge in [0.05, 0.1) is 18.2 Å². The zero-order valence-electron chi connectivity index (χ0n) is 15.4. The molecule has 0 heterocycles. The van der Waals surface area contributed by atoms with E-state index in [1.165, 1.54) is 5.56 Å². The van der Waals surface area contributed by atoms with Crippen LogP contribution in [0.25, 0.3) is 0 Å². The van der Waals surface area contributed by atoms with Crippen molar-refractivity contribution in [3.8, 4) is 6.07 Å². The van der Waals surface area contributed by atoms with E-state index >= 15 is 0 Å². The molecule has 0 aliphatic heterocycles. The van der Waals surface area contributed by atoms with Crippen LogP contribution in [0.4, 0.5) is 4.79 Å². The number of benzene rings is 1. The molecule has 0 radical (unpaired) electrons. The fraction of sp³-hybridized carbons (Fsp3) is 0.600. The number of hydrogen-bond acceptors (Lipinski definition) is 4. The Labute approximate surface area is 150 Å². The van der Waals surface area contributed by atoms with Crippen molar-refractivity contribution in [3.63, 3.8) is 0 Å². The second-order valence-corrected chi connectivity index (χ2v) is 7.64. The number of nitrogens with zero attached hydrogens (tertiary/aromatic N) is 2. The molecule has 5 heteroatoms. The molecule has 1 N–H and O–H groups in total. The molecule has 2 rings (SSSR count). The third-order valence-electron chi connectivity index (χ3n) is 4.59. The van der Waals surface area contributed by atoms with Crippen LogP contribution in [0.1, 0.15) is 63.5 Å². The normalized spacial score (nSPS) is 20.6. The highest BCUT2D eigenvalue weighted by atomic mass is 16.6. The number of amides is 1. The molecule has 0 aromatic heterocycles. The number of hydrogen-bond donors (Lipinski definition) is 1. The van der Waals surface area contributed by atoms with Crippen LogP contribution in [0.3, 0.4) is 0 Å². The molecule has 136 valence electrons. The summed E-state index contributed by atoms with van der Waals surface area (Å²) in [6, 6.07) is 10.1. The van der Waals surface area contributed by atoms with Crippen LogP contribution in [0, 0.1) is 11.3 Å². The highest BCUT2D eigenvalue weighted by Crippen LogP contribution is 2.35. The number of nitriles is 1. The summed E-state index contributed by atoms with van der Waals surface area (Å²) in [7, 11) is 0. The quantitative estimate of drug-likeness (QED) is 0.901. The SMILES string of the molecule is CC(C)(C)OC(=O)N(CCO)[C@H]1CC[C@H](c2cccc(C#N)c2)CC1. The molecule has 5 nitrogen and oxygen atoms in total. The molecular weight excluding hydrogens is 316 g/mol. The van der Waals surface area contributed by atoms with Gasteiger partial charge in [-0.15, -0.1) is 0 Å². The van der Waals surface area contributed by atoms with Crippen LogP contribution >= 0.6 is 0 Å². The van der Waals surface area contributed by atoms with Crippen molar-refractivity contribution in [2.75, 3.05) is 13.2 Å². The molecule has 0 unspecified atom stereocenters. The van der Waals surface area contributed by atoms with E-state index in [2.05, 4.69) is 12.1 Å². The van der Waals surface area contributed by atoms with Gasteiger partial charge in [0.15, 0.2) is 0 Å². The van der Waals surface area contributed by atoms with Gasteiger partial charge >= 0.3 is 6.09 Å². The molecule has 1 aliphatic rings. The van der Waals surface area contributed by atoms with Crippen LogP contribution in [0.15, 0.2) is 24.3 Å². The molecule has 1 saturated carbocycles. The molecule has 0 atom stereocenters. The minimum absolute atomic E-state index is 0.0661. The van der Waals surface area contributed by atoms with Gasteiger partial charge in [-0.1, -0.05) is 12.1 Å². The first-order valence-corrected chi connectivity index (χ1v) is 8.94. The van der Waals surface area contributed by atoms with Crippen molar-refractivity contribution in [2.24, 2.45) is 0 Å². The minimum Gasteiger partial charge on any atom is -0.444 e. The molecule has 1 aliphatic carbocycles. The Bertz CT molecular complexity index is 623. The maximum Gasteiger partial charge on any atom is 0.410 e. The first-order chi connectivity index (χ1) is 11.8. The third-order valence-corrected chi connectivity index (χ3v) is 4.59. The van der Waals surface area contributed by atoms with Crippen LogP contribution < -0.4 is 0 Å². The van der Waals surface area contributed by atoms with Gasteiger partial charge in [0.25, 0.3) is 0 Å². The third kappa shape index (κ3) is 5.47. The van der Waals surface area contributed by atoms with E-state index in [0.717, 1.165) is 25.7 Å². The lowest BCUT2D eigenvalue weighted by Crippen LogP contribution is -2.46. The first kappa shape index (κ1) is 19.3. The maximum atomic E-state index is 12.4. The van der Waals surface area contributed by atoms with Crippen molar-refractivity contribution < 1.29 is 14.6 Å². The van der Waals surface area contributed by atoms with Crippen LogP contribution in [-0.4, -0.2) is 40.9 Å². The van der Waals surface area contributed by atoms with Gasteiger partial charge in [-0.3, -0.25) is 0 Å². The van der Waals surface area contributed by atoms with Gasteiger partial charge in [0, 0.05) is 12.6 Å². The van der Waals surface area contributed by atoms with Crippen LogP contribution in [-0.2, 0) is 4.74 Å². The van der Waals surface area contributed by atoms with Crippen LogP contribution in [0.2, 0.25) is 0 Å². The Balaban J connectivity index is 2.00. The van der Waals surface area contributed by atoms with Gasteiger partial charge in [-0.2, -0.15) is 5.26 Å². The highest BCUT2D eigenvalue weighted by molar-refractivity contribution is 5.68. The summed E-state index contributed by atoms with van der Waals surface area (Å²) < 4.78 is 5.49. The lowest BCUT2D eigenvalue weighted by atomic mass is 9.81. The number of ether oxygens (including phenoxy) is 1. The van der Waals surface area contributed by atoms with Crippen molar-refractivity contribution in [1.82, 2.24) is 4.90 Å². The molecule has 1 aromatic rings. The van der Waals surface area contributed by atoms with E-state index in [9.17, 15) is 9.90 Å². The van der Waals surface area contributed by atoms with Crippen molar-refractivity contribution in [3.05, 3.63) is 35.4 Å². The predicted octanol–water partition coefficient (Wildman–Crippen LogP) is 3.81. The van der Waals surface area contributed by atoms with E-state index in [4.69, 9.17) is 10.00 Å². The first-order valence-electron chi connectivity index (χ1n) is 8.94. The van der Waals surface area contributed by atoms with Crippen LogP contribution in [0.5, 0.6) is 0 Å². The zero-order chi connectivity index (χ0) is 18.4. The van der Waals surface area contributed by atoms with Crippen molar-refractivity contribution >= 4 is 6.09 Å². The largest absolute Gasteiger partial charge is 0.444 e. The average molecular weight is 344 g/mol. The second kappa shape index (κ2) is 8.35. The number of rotatable bonds is 4. The van der Waals surface area contributed by atoms with E-state index in [1.807, 2.05) is 39.0 Å². The van der Waals surface area contributed by atoms with E-state index in [0.29, 0.717) is 18.0 Å². The molecular formula is C20H28N2O3. The Hall–Kier alpha value is -2.06. The number of carbonyl (C=O) groups excluding carboxylic acids is 1. The van der Waals surface area contributed by atoms with Crippen molar-refractivity contribution in [1.29, 1.82) is 5.26 Å². The molecule has 0 spiro atoms. The second-order valence-electron chi connectivity index (χ2n) is 7.64. The highest BCUT2D eigenvalue weighted by Gasteiger charge is 2.31. The maximum absolute atomic E-state index is 12.4. The lowest BCUT2D eigenvalue weighted by molar-refractivity contribution is 0.00759. The predicted molar refractivity (Wildman–Crippen MR) is 96.2 cm³/mol. The number of aliphatic hydroxyl groups is 1. The topological polar surface area (TPSA) is 73.6 Å². The summed E-state index contributed by atoms with van der Waals surface area (Å²) in [5.74, 6) is 0.416. The van der Waals surface area contributed by atoms with E-state index in [1.54, 1.807) is 4.90 Å². The van der Waals surface area contributed by atoms with E-state index < -0.39 is 5.60 Å². The summed E-state index contributed by atoms with van der Waals surface area (Å²) in [6.45, 7) is 5.78. The van der Waals surface area contributed by atoms with E-state index in [-0.39, 0.29) is 18.7 Å². The van der Waals surface area contributed by atoms with Crippen molar-refractivity contribution in [2.45, 2.75) is 64.0 Å². The fourth-order valence-electron chi connectivity index (χ4n) is 3.43. The van der Waals surface area contributed by atoms with Gasteiger partial charge in [0.1, 0.15) is 5.60 Å².